The largest absolute Gasteiger partial charge is 0.0625 e. The van der Waals surface area contributed by atoms with Gasteiger partial charge in [0.15, 0.2) is 0 Å². The van der Waals surface area contributed by atoms with E-state index in [1.54, 1.807) is 0 Å². The van der Waals surface area contributed by atoms with Crippen LogP contribution in [0, 0.1) is 17.8 Å². The second-order valence-corrected chi connectivity index (χ2v) is 3.92. The number of hydrogen-bond acceptors (Lipinski definition) is 0. The van der Waals surface area contributed by atoms with Crippen molar-refractivity contribution in [3.8, 4) is 0 Å². The summed E-state index contributed by atoms with van der Waals surface area (Å²) in [7, 11) is 0. The van der Waals surface area contributed by atoms with E-state index in [0.717, 1.165) is 17.8 Å². The average molecular weight is 126 g/mol. The molecule has 2 unspecified atom stereocenters. The van der Waals surface area contributed by atoms with Gasteiger partial charge in [-0.15, -0.1) is 0 Å². The summed E-state index contributed by atoms with van der Waals surface area (Å²) in [4.78, 5) is 0. The van der Waals surface area contributed by atoms with Crippen LogP contribution >= 0.6 is 0 Å². The highest BCUT2D eigenvalue weighted by Gasteiger charge is 2.23. The van der Waals surface area contributed by atoms with Gasteiger partial charge in [0.05, 0.1) is 0 Å². The maximum atomic E-state index is 2.38. The Hall–Kier alpha value is 0. The molecule has 0 aromatic carbocycles. The van der Waals surface area contributed by atoms with Crippen LogP contribution in [0.25, 0.3) is 0 Å². The molecule has 0 aromatic heterocycles. The molecule has 0 aliphatic heterocycles. The summed E-state index contributed by atoms with van der Waals surface area (Å²) in [5.74, 6) is 2.98. The summed E-state index contributed by atoms with van der Waals surface area (Å²) < 4.78 is 0. The number of rotatable bonds is 1. The van der Waals surface area contributed by atoms with Crippen molar-refractivity contribution in [1.82, 2.24) is 0 Å². The summed E-state index contributed by atoms with van der Waals surface area (Å²) >= 11 is 0. The minimum absolute atomic E-state index is 0.926. The first-order valence-electron chi connectivity index (χ1n) is 4.20. The minimum Gasteiger partial charge on any atom is -0.0625 e. The van der Waals surface area contributed by atoms with Crippen molar-refractivity contribution >= 4 is 0 Å². The summed E-state index contributed by atoms with van der Waals surface area (Å²) in [5.41, 5.74) is 0. The van der Waals surface area contributed by atoms with Gasteiger partial charge in [-0.3, -0.25) is 0 Å². The van der Waals surface area contributed by atoms with Crippen LogP contribution < -0.4 is 0 Å². The minimum atomic E-state index is 0.926. The smallest absolute Gasteiger partial charge is 0.0388 e. The van der Waals surface area contributed by atoms with Crippen molar-refractivity contribution in [2.45, 2.75) is 40.0 Å². The fraction of sp³-hybridized carbons (Fsp3) is 1.00. The van der Waals surface area contributed by atoms with Crippen molar-refractivity contribution in [2.24, 2.45) is 17.8 Å². The molecule has 1 fully saturated rings. The quantitative estimate of drug-likeness (QED) is 0.506. The highest BCUT2D eigenvalue weighted by atomic mass is 14.3. The third-order valence-electron chi connectivity index (χ3n) is 2.68. The molecule has 0 aromatic rings. The Kier molecular flexibility index (Phi) is 2.15. The number of hydrogen-bond donors (Lipinski definition) is 0. The molecular formula is C9H18. The molecule has 1 saturated carbocycles. The van der Waals surface area contributed by atoms with E-state index >= 15 is 0 Å². The first-order chi connectivity index (χ1) is 4.20. The van der Waals surface area contributed by atoms with Crippen molar-refractivity contribution in [2.75, 3.05) is 0 Å². The maximum Gasteiger partial charge on any atom is -0.0388 e. The monoisotopic (exact) mass is 126 g/mol. The lowest BCUT2D eigenvalue weighted by Crippen LogP contribution is -2.02. The second-order valence-electron chi connectivity index (χ2n) is 3.92. The zero-order valence-corrected chi connectivity index (χ0v) is 6.85. The first kappa shape index (κ1) is 7.11. The van der Waals surface area contributed by atoms with E-state index in [-0.39, 0.29) is 0 Å². The molecule has 1 rings (SSSR count). The van der Waals surface area contributed by atoms with Gasteiger partial charge in [0.25, 0.3) is 0 Å². The summed E-state index contributed by atoms with van der Waals surface area (Å²) in [6.45, 7) is 7.08. The SMILES string of the molecule is CC1CCC(C(C)C)C1. The van der Waals surface area contributed by atoms with Gasteiger partial charge in [0, 0.05) is 0 Å². The summed E-state index contributed by atoms with van der Waals surface area (Å²) in [5, 5.41) is 0. The van der Waals surface area contributed by atoms with Crippen LogP contribution in [-0.2, 0) is 0 Å². The van der Waals surface area contributed by atoms with Gasteiger partial charge >= 0.3 is 0 Å². The third kappa shape index (κ3) is 1.70. The lowest BCUT2D eigenvalue weighted by atomic mass is 9.94. The molecule has 9 heavy (non-hydrogen) atoms. The van der Waals surface area contributed by atoms with Crippen molar-refractivity contribution in [1.29, 1.82) is 0 Å². The normalized spacial score (nSPS) is 36.0. The molecule has 0 N–H and O–H groups in total. The molecule has 0 heteroatoms. The Bertz CT molecular complexity index is 84.0. The van der Waals surface area contributed by atoms with Crippen molar-refractivity contribution in [3.05, 3.63) is 0 Å². The Balaban J connectivity index is 2.30. The van der Waals surface area contributed by atoms with Gasteiger partial charge in [0.1, 0.15) is 0 Å². The van der Waals surface area contributed by atoms with Gasteiger partial charge in [0.2, 0.25) is 0 Å². The standard InChI is InChI=1S/C9H18/c1-7(2)9-5-4-8(3)6-9/h7-9H,4-6H2,1-3H3. The predicted molar refractivity (Wildman–Crippen MR) is 41.3 cm³/mol. The Morgan fingerprint density at radius 1 is 1.22 bits per heavy atom. The average Bonchev–Trinajstić information content (AvgIpc) is 2.14. The van der Waals surface area contributed by atoms with E-state index in [1.807, 2.05) is 0 Å². The van der Waals surface area contributed by atoms with Gasteiger partial charge in [-0.2, -0.15) is 0 Å². The molecular weight excluding hydrogens is 108 g/mol. The topological polar surface area (TPSA) is 0 Å². The lowest BCUT2D eigenvalue weighted by molar-refractivity contribution is 0.384. The summed E-state index contributed by atoms with van der Waals surface area (Å²) in [6, 6.07) is 0. The Morgan fingerprint density at radius 2 is 1.89 bits per heavy atom. The summed E-state index contributed by atoms with van der Waals surface area (Å²) in [6.07, 6.45) is 4.44. The zero-order valence-electron chi connectivity index (χ0n) is 6.85. The van der Waals surface area contributed by atoms with Crippen LogP contribution in [0.2, 0.25) is 0 Å². The van der Waals surface area contributed by atoms with E-state index < -0.39 is 0 Å². The molecule has 1 aliphatic carbocycles. The molecule has 2 atom stereocenters. The molecule has 0 nitrogen and oxygen atoms in total. The maximum absolute atomic E-state index is 2.38. The van der Waals surface area contributed by atoms with Crippen LogP contribution in [0.1, 0.15) is 40.0 Å². The van der Waals surface area contributed by atoms with Crippen LogP contribution in [0.15, 0.2) is 0 Å². The molecule has 0 saturated heterocycles. The Morgan fingerprint density at radius 3 is 2.11 bits per heavy atom. The third-order valence-corrected chi connectivity index (χ3v) is 2.68. The van der Waals surface area contributed by atoms with E-state index in [1.165, 1.54) is 19.3 Å². The van der Waals surface area contributed by atoms with E-state index in [4.69, 9.17) is 0 Å². The van der Waals surface area contributed by atoms with Gasteiger partial charge in [-0.1, -0.05) is 27.2 Å². The molecule has 0 radical (unpaired) electrons. The molecule has 1 aliphatic rings. The van der Waals surface area contributed by atoms with Gasteiger partial charge < -0.3 is 0 Å². The fourth-order valence-electron chi connectivity index (χ4n) is 1.86. The van der Waals surface area contributed by atoms with E-state index in [2.05, 4.69) is 20.8 Å². The highest BCUT2D eigenvalue weighted by Crippen LogP contribution is 2.34. The highest BCUT2D eigenvalue weighted by molar-refractivity contribution is 4.74. The van der Waals surface area contributed by atoms with Crippen LogP contribution in [0.3, 0.4) is 0 Å². The second kappa shape index (κ2) is 2.72. The van der Waals surface area contributed by atoms with E-state index in [0.29, 0.717) is 0 Å². The Labute approximate surface area is 58.7 Å². The van der Waals surface area contributed by atoms with Crippen LogP contribution in [0.4, 0.5) is 0 Å². The predicted octanol–water partition coefficient (Wildman–Crippen LogP) is 3.08. The molecule has 0 amide bonds. The van der Waals surface area contributed by atoms with Crippen LogP contribution in [0.5, 0.6) is 0 Å². The van der Waals surface area contributed by atoms with Crippen LogP contribution in [-0.4, -0.2) is 0 Å². The lowest BCUT2D eigenvalue weighted by Gasteiger charge is -2.12. The molecule has 54 valence electrons. The zero-order chi connectivity index (χ0) is 6.85. The van der Waals surface area contributed by atoms with Gasteiger partial charge in [-0.05, 0) is 30.6 Å². The first-order valence-corrected chi connectivity index (χ1v) is 4.20. The van der Waals surface area contributed by atoms with Crippen molar-refractivity contribution < 1.29 is 0 Å². The fourth-order valence-corrected chi connectivity index (χ4v) is 1.86. The molecule has 0 spiro atoms. The van der Waals surface area contributed by atoms with E-state index in [9.17, 15) is 0 Å². The van der Waals surface area contributed by atoms with Gasteiger partial charge in [-0.25, -0.2) is 0 Å². The molecule has 0 bridgehead atoms. The van der Waals surface area contributed by atoms with Crippen molar-refractivity contribution in [3.63, 3.8) is 0 Å². The molecule has 0 heterocycles.